The Bertz CT molecular complexity index is 424. The fourth-order valence-electron chi connectivity index (χ4n) is 1.94. The van der Waals surface area contributed by atoms with Gasteiger partial charge in [0.2, 0.25) is 5.91 Å². The van der Waals surface area contributed by atoms with Gasteiger partial charge < -0.3 is 10.2 Å². The number of nitrogens with zero attached hydrogens (tertiary/aromatic N) is 1. The van der Waals surface area contributed by atoms with Crippen molar-refractivity contribution in [3.05, 3.63) is 35.6 Å². The minimum absolute atomic E-state index is 0. The van der Waals surface area contributed by atoms with Gasteiger partial charge in [0, 0.05) is 25.7 Å². The van der Waals surface area contributed by atoms with E-state index < -0.39 is 5.41 Å². The third-order valence-electron chi connectivity index (χ3n) is 3.13. The van der Waals surface area contributed by atoms with Crippen LogP contribution in [0.25, 0.3) is 0 Å². The van der Waals surface area contributed by atoms with Crippen LogP contribution in [0.1, 0.15) is 19.4 Å². The van der Waals surface area contributed by atoms with Crippen LogP contribution in [0, 0.1) is 5.82 Å². The molecule has 0 radical (unpaired) electrons. The molecule has 0 aliphatic heterocycles. The van der Waals surface area contributed by atoms with E-state index in [0.717, 1.165) is 6.54 Å². The molecule has 0 bridgehead atoms. The quantitative estimate of drug-likeness (QED) is 0.901. The lowest BCUT2D eigenvalue weighted by atomic mass is 9.83. The lowest BCUT2D eigenvalue weighted by Gasteiger charge is -2.30. The molecule has 0 aliphatic rings. The Morgan fingerprint density at radius 3 is 2.47 bits per heavy atom. The smallest absolute Gasteiger partial charge is 0.232 e. The predicted octanol–water partition coefficient (Wildman–Crippen LogP) is 2.20. The molecule has 0 atom stereocenters. The van der Waals surface area contributed by atoms with Crippen molar-refractivity contribution in [1.29, 1.82) is 0 Å². The van der Waals surface area contributed by atoms with Crippen molar-refractivity contribution in [2.75, 3.05) is 27.2 Å². The standard InChI is InChI=1S/C14H21FN2O.ClH/c1-14(2,11-7-5-6-8-12(11)15)13(18)17(4)10-9-16-3;/h5-8,16H,9-10H2,1-4H3;1H. The second-order valence-corrected chi connectivity index (χ2v) is 4.94. The molecule has 0 aromatic heterocycles. The van der Waals surface area contributed by atoms with Crippen LogP contribution in [0.2, 0.25) is 0 Å². The molecule has 1 rings (SSSR count). The maximum atomic E-state index is 13.8. The highest BCUT2D eigenvalue weighted by atomic mass is 35.5. The van der Waals surface area contributed by atoms with Gasteiger partial charge in [-0.15, -0.1) is 12.4 Å². The molecule has 0 fully saturated rings. The van der Waals surface area contributed by atoms with E-state index in [1.807, 2.05) is 7.05 Å². The Morgan fingerprint density at radius 2 is 1.95 bits per heavy atom. The molecule has 0 aliphatic carbocycles. The van der Waals surface area contributed by atoms with Crippen molar-refractivity contribution in [2.24, 2.45) is 0 Å². The van der Waals surface area contributed by atoms with Crippen LogP contribution < -0.4 is 5.32 Å². The summed E-state index contributed by atoms with van der Waals surface area (Å²) < 4.78 is 13.8. The number of halogens is 2. The number of nitrogens with one attached hydrogen (secondary N) is 1. The summed E-state index contributed by atoms with van der Waals surface area (Å²) >= 11 is 0. The molecular weight excluding hydrogens is 267 g/mol. The van der Waals surface area contributed by atoms with E-state index in [1.165, 1.54) is 6.07 Å². The molecule has 1 aromatic carbocycles. The zero-order chi connectivity index (χ0) is 13.8. The first-order valence-corrected chi connectivity index (χ1v) is 6.06. The largest absolute Gasteiger partial charge is 0.344 e. The Kier molecular flexibility index (Phi) is 7.01. The van der Waals surface area contributed by atoms with E-state index in [-0.39, 0.29) is 24.1 Å². The Morgan fingerprint density at radius 1 is 1.37 bits per heavy atom. The summed E-state index contributed by atoms with van der Waals surface area (Å²) in [7, 11) is 3.57. The SMILES string of the molecule is CNCCN(C)C(=O)C(C)(C)c1ccccc1F.Cl. The molecule has 0 heterocycles. The summed E-state index contributed by atoms with van der Waals surface area (Å²) in [6.45, 7) is 4.83. The van der Waals surface area contributed by atoms with Gasteiger partial charge in [0.05, 0.1) is 5.41 Å². The normalized spacial score (nSPS) is 10.8. The number of hydrogen-bond donors (Lipinski definition) is 1. The van der Waals surface area contributed by atoms with E-state index in [9.17, 15) is 9.18 Å². The van der Waals surface area contributed by atoms with Crippen molar-refractivity contribution in [3.8, 4) is 0 Å². The molecule has 0 spiro atoms. The van der Waals surface area contributed by atoms with Crippen molar-refractivity contribution in [2.45, 2.75) is 19.3 Å². The third-order valence-corrected chi connectivity index (χ3v) is 3.13. The molecule has 1 N–H and O–H groups in total. The highest BCUT2D eigenvalue weighted by Crippen LogP contribution is 2.27. The Balaban J connectivity index is 0.00000324. The minimum Gasteiger partial charge on any atom is -0.344 e. The summed E-state index contributed by atoms with van der Waals surface area (Å²) in [5.74, 6) is -0.416. The van der Waals surface area contributed by atoms with Crippen molar-refractivity contribution in [3.63, 3.8) is 0 Å². The highest BCUT2D eigenvalue weighted by molar-refractivity contribution is 5.87. The number of rotatable bonds is 5. The van der Waals surface area contributed by atoms with Gasteiger partial charge in [-0.05, 0) is 27.0 Å². The zero-order valence-corrected chi connectivity index (χ0v) is 12.7. The van der Waals surface area contributed by atoms with Gasteiger partial charge in [-0.25, -0.2) is 4.39 Å². The second-order valence-electron chi connectivity index (χ2n) is 4.94. The Labute approximate surface area is 120 Å². The van der Waals surface area contributed by atoms with E-state index in [1.54, 1.807) is 44.0 Å². The molecule has 0 saturated heterocycles. The van der Waals surface area contributed by atoms with Gasteiger partial charge in [-0.2, -0.15) is 0 Å². The molecule has 108 valence electrons. The maximum Gasteiger partial charge on any atom is 0.232 e. The molecule has 3 nitrogen and oxygen atoms in total. The first kappa shape index (κ1) is 17.9. The fraction of sp³-hybridized carbons (Fsp3) is 0.500. The lowest BCUT2D eigenvalue weighted by Crippen LogP contribution is -2.44. The highest BCUT2D eigenvalue weighted by Gasteiger charge is 2.34. The number of carbonyl (C=O) groups excluding carboxylic acids is 1. The number of hydrogen-bond acceptors (Lipinski definition) is 2. The van der Waals surface area contributed by atoms with Crippen LogP contribution in [-0.2, 0) is 10.2 Å². The van der Waals surface area contributed by atoms with Gasteiger partial charge in [-0.1, -0.05) is 18.2 Å². The van der Waals surface area contributed by atoms with Gasteiger partial charge >= 0.3 is 0 Å². The second kappa shape index (κ2) is 7.46. The average molecular weight is 289 g/mol. The monoisotopic (exact) mass is 288 g/mol. The molecule has 0 saturated carbocycles. The van der Waals surface area contributed by atoms with Gasteiger partial charge in [0.15, 0.2) is 0 Å². The van der Waals surface area contributed by atoms with E-state index in [0.29, 0.717) is 12.1 Å². The molecule has 1 aromatic rings. The van der Waals surface area contributed by atoms with E-state index in [4.69, 9.17) is 0 Å². The molecule has 0 unspecified atom stereocenters. The van der Waals surface area contributed by atoms with Gasteiger partial charge in [-0.3, -0.25) is 4.79 Å². The molecule has 1 amide bonds. The third kappa shape index (κ3) is 4.18. The Hall–Kier alpha value is -1.13. The van der Waals surface area contributed by atoms with Crippen LogP contribution in [0.4, 0.5) is 4.39 Å². The predicted molar refractivity (Wildman–Crippen MR) is 78.2 cm³/mol. The van der Waals surface area contributed by atoms with Crippen LogP contribution in [-0.4, -0.2) is 38.0 Å². The summed E-state index contributed by atoms with van der Waals surface area (Å²) in [5, 5.41) is 2.99. The summed E-state index contributed by atoms with van der Waals surface area (Å²) in [4.78, 5) is 14.0. The number of benzene rings is 1. The molecular formula is C14H22ClFN2O. The summed E-state index contributed by atoms with van der Waals surface area (Å²) in [6, 6.07) is 6.43. The topological polar surface area (TPSA) is 32.3 Å². The summed E-state index contributed by atoms with van der Waals surface area (Å²) in [6.07, 6.45) is 0. The average Bonchev–Trinajstić information content (AvgIpc) is 2.35. The fourth-order valence-corrected chi connectivity index (χ4v) is 1.94. The van der Waals surface area contributed by atoms with E-state index in [2.05, 4.69) is 5.32 Å². The van der Waals surface area contributed by atoms with Crippen molar-refractivity contribution in [1.82, 2.24) is 10.2 Å². The van der Waals surface area contributed by atoms with Crippen molar-refractivity contribution >= 4 is 18.3 Å². The summed E-state index contributed by atoms with van der Waals surface area (Å²) in [5.41, 5.74) is -0.417. The first-order valence-electron chi connectivity index (χ1n) is 6.06. The van der Waals surface area contributed by atoms with Crippen LogP contribution in [0.3, 0.4) is 0 Å². The number of likely N-dealkylation sites (N-methyl/N-ethyl adjacent to an activating group) is 2. The first-order chi connectivity index (χ1) is 8.41. The van der Waals surface area contributed by atoms with Crippen molar-refractivity contribution < 1.29 is 9.18 Å². The lowest BCUT2D eigenvalue weighted by molar-refractivity contribution is -0.134. The van der Waals surface area contributed by atoms with Gasteiger partial charge in [0.25, 0.3) is 0 Å². The number of amides is 1. The molecule has 19 heavy (non-hydrogen) atoms. The van der Waals surface area contributed by atoms with Crippen LogP contribution in [0.5, 0.6) is 0 Å². The molecule has 5 heteroatoms. The van der Waals surface area contributed by atoms with Gasteiger partial charge in [0.1, 0.15) is 5.82 Å². The maximum absolute atomic E-state index is 13.8. The minimum atomic E-state index is -0.853. The van der Waals surface area contributed by atoms with Crippen LogP contribution in [0.15, 0.2) is 24.3 Å². The van der Waals surface area contributed by atoms with E-state index >= 15 is 0 Å². The van der Waals surface area contributed by atoms with Crippen LogP contribution >= 0.6 is 12.4 Å². The zero-order valence-electron chi connectivity index (χ0n) is 11.9. The number of carbonyl (C=O) groups is 1.